The average molecular weight is 363 g/mol. The normalized spacial score (nSPS) is 11.9. The van der Waals surface area contributed by atoms with Crippen LogP contribution in [0, 0.1) is 13.8 Å². The van der Waals surface area contributed by atoms with E-state index in [0.717, 1.165) is 45.8 Å². The predicted octanol–water partition coefficient (Wildman–Crippen LogP) is 4.20. The van der Waals surface area contributed by atoms with Crippen LogP contribution in [0.4, 0.5) is 5.69 Å². The van der Waals surface area contributed by atoms with Crippen LogP contribution in [0.1, 0.15) is 28.6 Å². The van der Waals surface area contributed by atoms with Crippen molar-refractivity contribution >= 4 is 12.1 Å². The van der Waals surface area contributed by atoms with E-state index in [1.807, 2.05) is 65.3 Å². The molecule has 0 saturated heterocycles. The summed E-state index contributed by atoms with van der Waals surface area (Å²) in [6.45, 7) is 3.86. The second-order valence-electron chi connectivity index (χ2n) is 6.95. The first-order chi connectivity index (χ1) is 12.9. The van der Waals surface area contributed by atoms with Crippen LogP contribution in [0.5, 0.6) is 0 Å². The zero-order chi connectivity index (χ0) is 19.6. The average Bonchev–Trinajstić information content (AvgIpc) is 3.00. The maximum Gasteiger partial charge on any atom is 0.210 e. The number of nitrogens with zero attached hydrogens (tertiary/aromatic N) is 3. The minimum Gasteiger partial charge on any atom is -0.377 e. The van der Waals surface area contributed by atoms with Gasteiger partial charge in [0.2, 0.25) is 6.41 Å². The molecule has 5 nitrogen and oxygen atoms in total. The van der Waals surface area contributed by atoms with Crippen LogP contribution in [0.2, 0.25) is 0 Å². The molecule has 0 N–H and O–H groups in total. The van der Waals surface area contributed by atoms with E-state index in [1.165, 1.54) is 0 Å². The van der Waals surface area contributed by atoms with Crippen LogP contribution >= 0.6 is 0 Å². The summed E-state index contributed by atoms with van der Waals surface area (Å²) in [6.07, 6.45) is 0.875. The van der Waals surface area contributed by atoms with Gasteiger partial charge in [0.25, 0.3) is 0 Å². The molecule has 1 aromatic heterocycles. The first-order valence-electron chi connectivity index (χ1n) is 8.90. The number of aryl methyl sites for hydroxylation is 2. The smallest absolute Gasteiger partial charge is 0.210 e. The van der Waals surface area contributed by atoms with E-state index in [0.29, 0.717) is 0 Å². The third-order valence-electron chi connectivity index (χ3n) is 4.81. The van der Waals surface area contributed by atoms with Gasteiger partial charge in [-0.3, -0.25) is 4.79 Å². The molecule has 1 heterocycles. The van der Waals surface area contributed by atoms with Gasteiger partial charge in [-0.15, -0.1) is 0 Å². The molecule has 1 atom stereocenters. The topological polar surface area (TPSA) is 49.6 Å². The number of carbonyl (C=O) groups is 1. The second-order valence-corrected chi connectivity index (χ2v) is 6.95. The van der Waals surface area contributed by atoms with Crippen molar-refractivity contribution in [2.75, 3.05) is 26.0 Å². The van der Waals surface area contributed by atoms with Gasteiger partial charge in [-0.25, -0.2) is 0 Å². The Balaban J connectivity index is 2.24. The summed E-state index contributed by atoms with van der Waals surface area (Å²) in [7, 11) is 5.83. The number of hydrogen-bond acceptors (Lipinski definition) is 4. The fraction of sp³-hybridized carbons (Fsp3) is 0.273. The minimum absolute atomic E-state index is 0.193. The molecule has 5 heteroatoms. The number of hydrogen-bond donors (Lipinski definition) is 0. The van der Waals surface area contributed by atoms with Crippen LogP contribution in [-0.4, -0.2) is 37.6 Å². The fourth-order valence-electron chi connectivity index (χ4n) is 3.56. The first-order valence-corrected chi connectivity index (χ1v) is 8.90. The molecule has 0 bridgehead atoms. The first kappa shape index (κ1) is 18.7. The van der Waals surface area contributed by atoms with Crippen LogP contribution in [0.25, 0.3) is 11.1 Å². The molecule has 0 aliphatic heterocycles. The molecule has 0 fully saturated rings. The number of aromatic nitrogens is 1. The third-order valence-corrected chi connectivity index (χ3v) is 4.81. The zero-order valence-corrected chi connectivity index (χ0v) is 16.4. The molecule has 1 amide bonds. The molecule has 2 aromatic carbocycles. The predicted molar refractivity (Wildman–Crippen MR) is 108 cm³/mol. The van der Waals surface area contributed by atoms with Crippen molar-refractivity contribution in [3.8, 4) is 11.1 Å². The highest BCUT2D eigenvalue weighted by Crippen LogP contribution is 2.37. The molecule has 0 aliphatic rings. The Kier molecular flexibility index (Phi) is 5.31. The van der Waals surface area contributed by atoms with Crippen molar-refractivity contribution in [1.29, 1.82) is 0 Å². The van der Waals surface area contributed by atoms with Gasteiger partial charge in [-0.1, -0.05) is 41.6 Å². The summed E-state index contributed by atoms with van der Waals surface area (Å²) < 4.78 is 5.35. The van der Waals surface area contributed by atoms with E-state index in [4.69, 9.17) is 4.52 Å². The van der Waals surface area contributed by atoms with Crippen LogP contribution in [-0.2, 0) is 4.79 Å². The summed E-state index contributed by atoms with van der Waals surface area (Å²) in [5.74, 6) is 0.788. The van der Waals surface area contributed by atoms with Gasteiger partial charge in [0.15, 0.2) is 0 Å². The lowest BCUT2D eigenvalue weighted by Gasteiger charge is -2.30. The van der Waals surface area contributed by atoms with E-state index in [-0.39, 0.29) is 6.04 Å². The number of benzene rings is 2. The Morgan fingerprint density at radius 2 is 1.74 bits per heavy atom. The lowest BCUT2D eigenvalue weighted by molar-refractivity contribution is -0.118. The standard InChI is InChI=1S/C22H25N3O2/c1-15-21(16(2)27-23-15)18-11-12-20(24(3)4)19(13-18)22(25(5)14-26)17-9-7-6-8-10-17/h6-14,22H,1-5H3. The Morgan fingerprint density at radius 3 is 2.30 bits per heavy atom. The van der Waals surface area contributed by atoms with E-state index < -0.39 is 0 Å². The number of rotatable bonds is 6. The van der Waals surface area contributed by atoms with Gasteiger partial charge in [-0.2, -0.15) is 0 Å². The number of amides is 1. The van der Waals surface area contributed by atoms with Crippen molar-refractivity contribution in [2.45, 2.75) is 19.9 Å². The third kappa shape index (κ3) is 3.58. The van der Waals surface area contributed by atoms with Gasteiger partial charge >= 0.3 is 0 Å². The minimum atomic E-state index is -0.193. The molecule has 3 rings (SSSR count). The van der Waals surface area contributed by atoms with Crippen LogP contribution < -0.4 is 4.90 Å². The Labute approximate surface area is 160 Å². The molecule has 27 heavy (non-hydrogen) atoms. The quantitative estimate of drug-likeness (QED) is 0.616. The monoisotopic (exact) mass is 363 g/mol. The molecule has 0 aliphatic carbocycles. The van der Waals surface area contributed by atoms with Crippen molar-refractivity contribution < 1.29 is 9.32 Å². The zero-order valence-electron chi connectivity index (χ0n) is 16.4. The second kappa shape index (κ2) is 7.66. The Bertz CT molecular complexity index is 912. The molecule has 0 saturated carbocycles. The highest BCUT2D eigenvalue weighted by atomic mass is 16.5. The van der Waals surface area contributed by atoms with E-state index in [2.05, 4.69) is 28.3 Å². The maximum absolute atomic E-state index is 11.7. The SMILES string of the molecule is Cc1noc(C)c1-c1ccc(N(C)C)c(C(c2ccccc2)N(C)C=O)c1. The summed E-state index contributed by atoms with van der Waals surface area (Å²) >= 11 is 0. The lowest BCUT2D eigenvalue weighted by atomic mass is 9.92. The van der Waals surface area contributed by atoms with Crippen molar-refractivity contribution in [1.82, 2.24) is 10.1 Å². The Morgan fingerprint density at radius 1 is 1.04 bits per heavy atom. The molecular formula is C22H25N3O2. The van der Waals surface area contributed by atoms with Gasteiger partial charge in [0.1, 0.15) is 5.76 Å². The van der Waals surface area contributed by atoms with Crippen molar-refractivity contribution in [3.63, 3.8) is 0 Å². The van der Waals surface area contributed by atoms with Crippen molar-refractivity contribution in [2.24, 2.45) is 0 Å². The van der Waals surface area contributed by atoms with E-state index in [1.54, 1.807) is 4.90 Å². The van der Waals surface area contributed by atoms with Crippen molar-refractivity contribution in [3.05, 3.63) is 71.1 Å². The molecule has 140 valence electrons. The lowest BCUT2D eigenvalue weighted by Crippen LogP contribution is -2.26. The molecule has 0 radical (unpaired) electrons. The molecule has 0 spiro atoms. The van der Waals surface area contributed by atoms with Crippen LogP contribution in [0.15, 0.2) is 53.1 Å². The summed E-state index contributed by atoms with van der Waals surface area (Å²) in [6, 6.07) is 16.2. The molecular weight excluding hydrogens is 338 g/mol. The summed E-state index contributed by atoms with van der Waals surface area (Å²) in [5.41, 5.74) is 6.07. The highest BCUT2D eigenvalue weighted by molar-refractivity contribution is 5.73. The summed E-state index contributed by atoms with van der Waals surface area (Å²) in [5, 5.41) is 4.08. The number of anilines is 1. The van der Waals surface area contributed by atoms with E-state index in [9.17, 15) is 4.79 Å². The maximum atomic E-state index is 11.7. The van der Waals surface area contributed by atoms with Gasteiger partial charge in [-0.05, 0) is 37.1 Å². The Hall–Kier alpha value is -3.08. The largest absolute Gasteiger partial charge is 0.377 e. The van der Waals surface area contributed by atoms with Gasteiger partial charge in [0, 0.05) is 38.0 Å². The fourth-order valence-corrected chi connectivity index (χ4v) is 3.56. The molecule has 3 aromatic rings. The van der Waals surface area contributed by atoms with Gasteiger partial charge < -0.3 is 14.3 Å². The number of carbonyl (C=O) groups excluding carboxylic acids is 1. The summed E-state index contributed by atoms with van der Waals surface area (Å²) in [4.78, 5) is 15.5. The van der Waals surface area contributed by atoms with Gasteiger partial charge in [0.05, 0.1) is 11.7 Å². The highest BCUT2D eigenvalue weighted by Gasteiger charge is 2.24. The molecule has 1 unspecified atom stereocenters. The van der Waals surface area contributed by atoms with Crippen LogP contribution in [0.3, 0.4) is 0 Å². The van der Waals surface area contributed by atoms with E-state index >= 15 is 0 Å².